The van der Waals surface area contributed by atoms with Crippen LogP contribution in [0.4, 0.5) is 13.2 Å². The van der Waals surface area contributed by atoms with Crippen LogP contribution >= 0.6 is 0 Å². The molecule has 1 aromatic carbocycles. The summed E-state index contributed by atoms with van der Waals surface area (Å²) in [5.74, 6) is 0. The lowest BCUT2D eigenvalue weighted by molar-refractivity contribution is -0.142. The van der Waals surface area contributed by atoms with Crippen molar-refractivity contribution in [3.8, 4) is 0 Å². The standard InChI is InChI=1S/C13H11F3N2O2/c14-13(15,16)12-10(7-17-18-12)6-11(20-8-19)9-4-2-1-3-5-9/h1-5,7-8,11H,6H2,(H,17,18). The summed E-state index contributed by atoms with van der Waals surface area (Å²) in [7, 11) is 0. The molecular formula is C13H11F3N2O2. The summed E-state index contributed by atoms with van der Waals surface area (Å²) < 4.78 is 43.1. The van der Waals surface area contributed by atoms with Crippen molar-refractivity contribution in [3.05, 3.63) is 53.3 Å². The van der Waals surface area contributed by atoms with E-state index in [1.165, 1.54) is 0 Å². The summed E-state index contributed by atoms with van der Waals surface area (Å²) in [5, 5.41) is 5.39. The predicted octanol–water partition coefficient (Wildman–Crippen LogP) is 2.89. The third-order valence-electron chi connectivity index (χ3n) is 2.78. The van der Waals surface area contributed by atoms with E-state index < -0.39 is 18.0 Å². The number of halogens is 3. The molecule has 1 aromatic heterocycles. The Bertz CT molecular complexity index is 566. The summed E-state index contributed by atoms with van der Waals surface area (Å²) in [4.78, 5) is 10.5. The highest BCUT2D eigenvalue weighted by Crippen LogP contribution is 2.32. The van der Waals surface area contributed by atoms with Crippen LogP contribution in [0.1, 0.15) is 22.9 Å². The Hall–Kier alpha value is -2.31. The minimum absolute atomic E-state index is 0.0480. The maximum atomic E-state index is 12.7. The summed E-state index contributed by atoms with van der Waals surface area (Å²) in [6.45, 7) is 0.227. The Morgan fingerprint density at radius 1 is 1.30 bits per heavy atom. The lowest BCUT2D eigenvalue weighted by Crippen LogP contribution is -2.13. The molecule has 1 heterocycles. The third kappa shape index (κ3) is 3.17. The van der Waals surface area contributed by atoms with Crippen LogP contribution in [0.15, 0.2) is 36.5 Å². The first-order valence-electron chi connectivity index (χ1n) is 5.76. The molecule has 0 aliphatic rings. The van der Waals surface area contributed by atoms with Crippen molar-refractivity contribution in [1.29, 1.82) is 0 Å². The van der Waals surface area contributed by atoms with E-state index in [1.807, 2.05) is 0 Å². The second-order valence-electron chi connectivity index (χ2n) is 4.09. The number of aromatic nitrogens is 2. The Labute approximate surface area is 112 Å². The zero-order valence-corrected chi connectivity index (χ0v) is 10.2. The molecule has 7 heteroatoms. The summed E-state index contributed by atoms with van der Waals surface area (Å²) in [6.07, 6.45) is -4.27. The normalized spacial score (nSPS) is 12.9. The maximum Gasteiger partial charge on any atom is 0.435 e. The van der Waals surface area contributed by atoms with Gasteiger partial charge in [0.15, 0.2) is 5.69 Å². The number of rotatable bonds is 5. The van der Waals surface area contributed by atoms with Crippen LogP contribution < -0.4 is 0 Å². The van der Waals surface area contributed by atoms with E-state index in [2.05, 4.69) is 10.2 Å². The fourth-order valence-corrected chi connectivity index (χ4v) is 1.89. The molecule has 0 fully saturated rings. The zero-order chi connectivity index (χ0) is 14.6. The number of hydrogen-bond acceptors (Lipinski definition) is 3. The van der Waals surface area contributed by atoms with Gasteiger partial charge in [0.1, 0.15) is 6.10 Å². The smallest absolute Gasteiger partial charge is 0.435 e. The largest absolute Gasteiger partial charge is 0.459 e. The molecule has 2 aromatic rings. The average Bonchev–Trinajstić information content (AvgIpc) is 2.87. The lowest BCUT2D eigenvalue weighted by atomic mass is 10.0. The van der Waals surface area contributed by atoms with E-state index in [9.17, 15) is 18.0 Å². The fraction of sp³-hybridized carbons (Fsp3) is 0.231. The Balaban J connectivity index is 2.26. The average molecular weight is 284 g/mol. The van der Waals surface area contributed by atoms with Gasteiger partial charge in [-0.3, -0.25) is 9.89 Å². The minimum atomic E-state index is -4.54. The molecule has 0 aliphatic heterocycles. The third-order valence-corrected chi connectivity index (χ3v) is 2.78. The number of aromatic amines is 1. The van der Waals surface area contributed by atoms with E-state index in [-0.39, 0.29) is 18.5 Å². The van der Waals surface area contributed by atoms with Crippen LogP contribution in [0.5, 0.6) is 0 Å². The highest BCUT2D eigenvalue weighted by molar-refractivity contribution is 5.39. The van der Waals surface area contributed by atoms with Gasteiger partial charge >= 0.3 is 6.18 Å². The topological polar surface area (TPSA) is 55.0 Å². The molecule has 4 nitrogen and oxygen atoms in total. The predicted molar refractivity (Wildman–Crippen MR) is 63.6 cm³/mol. The van der Waals surface area contributed by atoms with E-state index >= 15 is 0 Å². The quantitative estimate of drug-likeness (QED) is 0.859. The summed E-state index contributed by atoms with van der Waals surface area (Å²) >= 11 is 0. The SMILES string of the molecule is O=COC(Cc1c[nH]nc1C(F)(F)F)c1ccccc1. The highest BCUT2D eigenvalue weighted by atomic mass is 19.4. The molecule has 0 radical (unpaired) electrons. The first-order chi connectivity index (χ1) is 9.52. The van der Waals surface area contributed by atoms with Gasteiger partial charge in [0.05, 0.1) is 0 Å². The Morgan fingerprint density at radius 3 is 2.60 bits per heavy atom. The lowest BCUT2D eigenvalue weighted by Gasteiger charge is -2.16. The number of alkyl halides is 3. The monoisotopic (exact) mass is 284 g/mol. The van der Waals surface area contributed by atoms with Crippen molar-refractivity contribution in [2.24, 2.45) is 0 Å². The van der Waals surface area contributed by atoms with Crippen molar-refractivity contribution in [1.82, 2.24) is 10.2 Å². The van der Waals surface area contributed by atoms with Crippen LogP contribution in [0.3, 0.4) is 0 Å². The van der Waals surface area contributed by atoms with Crippen LogP contribution in [-0.2, 0) is 22.1 Å². The van der Waals surface area contributed by atoms with Gasteiger partial charge in [-0.2, -0.15) is 18.3 Å². The van der Waals surface area contributed by atoms with Gasteiger partial charge < -0.3 is 4.74 Å². The fourth-order valence-electron chi connectivity index (χ4n) is 1.89. The number of carbonyl (C=O) groups is 1. The highest BCUT2D eigenvalue weighted by Gasteiger charge is 2.37. The van der Waals surface area contributed by atoms with Crippen molar-refractivity contribution in [3.63, 3.8) is 0 Å². The zero-order valence-electron chi connectivity index (χ0n) is 10.2. The van der Waals surface area contributed by atoms with E-state index in [0.717, 1.165) is 6.20 Å². The molecule has 0 saturated heterocycles. The number of carbonyl (C=O) groups excluding carboxylic acids is 1. The van der Waals surface area contributed by atoms with Crippen molar-refractivity contribution in [2.45, 2.75) is 18.7 Å². The molecule has 1 atom stereocenters. The van der Waals surface area contributed by atoms with Gasteiger partial charge in [0.2, 0.25) is 0 Å². The van der Waals surface area contributed by atoms with Gasteiger partial charge in [-0.1, -0.05) is 30.3 Å². The van der Waals surface area contributed by atoms with Gasteiger partial charge in [-0.25, -0.2) is 0 Å². The number of nitrogens with one attached hydrogen (secondary N) is 1. The molecule has 106 valence electrons. The first-order valence-corrected chi connectivity index (χ1v) is 5.76. The Kier molecular flexibility index (Phi) is 4.07. The van der Waals surface area contributed by atoms with E-state index in [4.69, 9.17) is 4.74 Å². The van der Waals surface area contributed by atoms with Crippen molar-refractivity contribution >= 4 is 6.47 Å². The second-order valence-corrected chi connectivity index (χ2v) is 4.09. The van der Waals surface area contributed by atoms with Gasteiger partial charge in [0, 0.05) is 18.2 Å². The molecular weight excluding hydrogens is 273 g/mol. The van der Waals surface area contributed by atoms with Crippen LogP contribution in [0.25, 0.3) is 0 Å². The molecule has 1 N–H and O–H groups in total. The molecule has 20 heavy (non-hydrogen) atoms. The molecule has 0 bridgehead atoms. The molecule has 0 spiro atoms. The molecule has 0 aliphatic carbocycles. The van der Waals surface area contributed by atoms with Crippen molar-refractivity contribution in [2.75, 3.05) is 0 Å². The first kappa shape index (κ1) is 14.1. The van der Waals surface area contributed by atoms with Crippen LogP contribution in [0.2, 0.25) is 0 Å². The Morgan fingerprint density at radius 2 is 2.00 bits per heavy atom. The number of hydrogen-bond donors (Lipinski definition) is 1. The minimum Gasteiger partial charge on any atom is -0.459 e. The number of ether oxygens (including phenoxy) is 1. The summed E-state index contributed by atoms with van der Waals surface area (Å²) in [5.41, 5.74) is -0.421. The van der Waals surface area contributed by atoms with Crippen LogP contribution in [0, 0.1) is 0 Å². The molecule has 0 amide bonds. The van der Waals surface area contributed by atoms with E-state index in [0.29, 0.717) is 5.56 Å². The van der Waals surface area contributed by atoms with Crippen molar-refractivity contribution < 1.29 is 22.7 Å². The van der Waals surface area contributed by atoms with Gasteiger partial charge in [0.25, 0.3) is 6.47 Å². The van der Waals surface area contributed by atoms with E-state index in [1.54, 1.807) is 30.3 Å². The maximum absolute atomic E-state index is 12.7. The van der Waals surface area contributed by atoms with Gasteiger partial charge in [-0.05, 0) is 5.56 Å². The second kappa shape index (κ2) is 5.77. The summed E-state index contributed by atoms with van der Waals surface area (Å²) in [6, 6.07) is 8.57. The van der Waals surface area contributed by atoms with Crippen LogP contribution in [-0.4, -0.2) is 16.7 Å². The number of H-pyrrole nitrogens is 1. The van der Waals surface area contributed by atoms with Gasteiger partial charge in [-0.15, -0.1) is 0 Å². The molecule has 0 saturated carbocycles. The molecule has 1 unspecified atom stereocenters. The number of benzene rings is 1. The molecule has 2 rings (SSSR count). The number of nitrogens with zero attached hydrogens (tertiary/aromatic N) is 1.